The number of hydrogen-bond acceptors (Lipinski definition) is 4. The van der Waals surface area contributed by atoms with E-state index in [2.05, 4.69) is 4.90 Å². The summed E-state index contributed by atoms with van der Waals surface area (Å²) in [7, 11) is 1.46. The fourth-order valence-corrected chi connectivity index (χ4v) is 3.20. The molecule has 0 aliphatic carbocycles. The van der Waals surface area contributed by atoms with Crippen molar-refractivity contribution in [1.29, 1.82) is 0 Å². The maximum atomic E-state index is 14.2. The van der Waals surface area contributed by atoms with Gasteiger partial charge in [-0.2, -0.15) is 0 Å². The highest BCUT2D eigenvalue weighted by Gasteiger charge is 2.51. The summed E-state index contributed by atoms with van der Waals surface area (Å²) in [4.78, 5) is 2.14. The highest BCUT2D eigenvalue weighted by molar-refractivity contribution is 6.62. The third-order valence-corrected chi connectivity index (χ3v) is 5.58. The van der Waals surface area contributed by atoms with Gasteiger partial charge in [-0.05, 0) is 64.2 Å². The van der Waals surface area contributed by atoms with Gasteiger partial charge < -0.3 is 18.9 Å². The molecule has 2 heterocycles. The molecule has 0 bridgehead atoms. The van der Waals surface area contributed by atoms with Crippen molar-refractivity contribution in [3.05, 3.63) is 24.0 Å². The van der Waals surface area contributed by atoms with Gasteiger partial charge >= 0.3 is 7.12 Å². The van der Waals surface area contributed by atoms with Gasteiger partial charge in [-0.1, -0.05) is 0 Å². The molecule has 0 amide bonds. The molecular weight excluding hydrogens is 308 g/mol. The van der Waals surface area contributed by atoms with Gasteiger partial charge in [-0.3, -0.25) is 0 Å². The molecule has 0 spiro atoms. The Morgan fingerprint density at radius 1 is 1.04 bits per heavy atom. The second-order valence-electron chi connectivity index (χ2n) is 7.79. The van der Waals surface area contributed by atoms with Crippen molar-refractivity contribution < 1.29 is 18.4 Å². The van der Waals surface area contributed by atoms with Crippen LogP contribution in [0, 0.1) is 5.82 Å². The van der Waals surface area contributed by atoms with Crippen LogP contribution in [0.25, 0.3) is 0 Å². The van der Waals surface area contributed by atoms with E-state index in [1.54, 1.807) is 6.07 Å². The van der Waals surface area contributed by atoms with Gasteiger partial charge in [0.2, 0.25) is 0 Å². The summed E-state index contributed by atoms with van der Waals surface area (Å²) in [5.41, 5.74) is 0.710. The Labute approximate surface area is 144 Å². The second kappa shape index (κ2) is 6.32. The van der Waals surface area contributed by atoms with Gasteiger partial charge in [0.05, 0.1) is 11.2 Å². The first-order valence-corrected chi connectivity index (χ1v) is 8.66. The zero-order valence-corrected chi connectivity index (χ0v) is 15.3. The first kappa shape index (κ1) is 17.7. The topological polar surface area (TPSA) is 30.9 Å². The lowest BCUT2D eigenvalue weighted by molar-refractivity contribution is 0.00578. The van der Waals surface area contributed by atoms with Crippen LogP contribution in [0.2, 0.25) is 0 Å². The molecule has 2 aliphatic rings. The molecule has 1 aromatic carbocycles. The zero-order valence-electron chi connectivity index (χ0n) is 15.3. The van der Waals surface area contributed by atoms with E-state index in [9.17, 15) is 4.39 Å². The van der Waals surface area contributed by atoms with E-state index >= 15 is 0 Å². The van der Waals surface area contributed by atoms with Crippen LogP contribution in [-0.4, -0.2) is 44.6 Å². The van der Waals surface area contributed by atoms with E-state index in [-0.39, 0.29) is 5.82 Å². The molecule has 6 heteroatoms. The molecule has 4 nitrogen and oxygen atoms in total. The number of benzene rings is 1. The fraction of sp³-hybridized carbons (Fsp3) is 0.667. The molecule has 3 rings (SSSR count). The third-order valence-electron chi connectivity index (χ3n) is 5.58. The van der Waals surface area contributed by atoms with Crippen molar-refractivity contribution in [2.75, 3.05) is 25.2 Å². The molecule has 0 radical (unpaired) electrons. The molecule has 2 fully saturated rings. The van der Waals surface area contributed by atoms with Crippen LogP contribution >= 0.6 is 0 Å². The lowest BCUT2D eigenvalue weighted by Gasteiger charge is -2.33. The van der Waals surface area contributed by atoms with Crippen LogP contribution in [0.15, 0.2) is 18.2 Å². The molecule has 24 heavy (non-hydrogen) atoms. The molecule has 0 aromatic heterocycles. The molecule has 0 N–H and O–H groups in total. The van der Waals surface area contributed by atoms with E-state index in [4.69, 9.17) is 14.0 Å². The van der Waals surface area contributed by atoms with Crippen LogP contribution < -0.4 is 10.4 Å². The Kier molecular flexibility index (Phi) is 4.66. The summed E-state index contributed by atoms with van der Waals surface area (Å²) in [6, 6.07) is 5.42. The quantitative estimate of drug-likeness (QED) is 0.795. The number of ether oxygens (including phenoxy) is 1. The molecule has 132 valence electrons. The highest BCUT2D eigenvalue weighted by atomic mass is 19.1. The SMILES string of the molecule is CN(c1cc(F)cc(B2OC(C)(C)C(C)(C)O2)c1)C1CCOCC1. The molecule has 0 atom stereocenters. The maximum Gasteiger partial charge on any atom is 0.495 e. The van der Waals surface area contributed by atoms with Crippen LogP contribution in [0.5, 0.6) is 0 Å². The standard InChI is InChI=1S/C18H27BFNO3/c1-17(2)18(3,4)24-19(23-17)13-10-14(20)12-16(11-13)21(5)15-6-8-22-9-7-15/h10-12,15H,6-9H2,1-5H3. The third kappa shape index (κ3) is 3.32. The lowest BCUT2D eigenvalue weighted by Crippen LogP contribution is -2.41. The van der Waals surface area contributed by atoms with Gasteiger partial charge in [0.15, 0.2) is 0 Å². The zero-order chi connectivity index (χ0) is 17.5. The summed E-state index contributed by atoms with van der Waals surface area (Å²) in [6.45, 7) is 9.52. The Morgan fingerprint density at radius 2 is 1.62 bits per heavy atom. The fourth-order valence-electron chi connectivity index (χ4n) is 3.20. The summed E-state index contributed by atoms with van der Waals surface area (Å²) in [5, 5.41) is 0. The van der Waals surface area contributed by atoms with Gasteiger partial charge in [0.25, 0.3) is 0 Å². The summed E-state index contributed by atoms with van der Waals surface area (Å²) in [6.07, 6.45) is 1.91. The smallest absolute Gasteiger partial charge is 0.399 e. The molecule has 2 aliphatic heterocycles. The van der Waals surface area contributed by atoms with Crippen molar-refractivity contribution in [2.24, 2.45) is 0 Å². The van der Waals surface area contributed by atoms with Crippen molar-refractivity contribution in [3.63, 3.8) is 0 Å². The first-order valence-electron chi connectivity index (χ1n) is 8.66. The number of rotatable bonds is 3. The van der Waals surface area contributed by atoms with Gasteiger partial charge in [0, 0.05) is 32.0 Å². The minimum atomic E-state index is -0.549. The highest BCUT2D eigenvalue weighted by Crippen LogP contribution is 2.36. The maximum absolute atomic E-state index is 14.2. The van der Waals surface area contributed by atoms with Crippen LogP contribution in [0.3, 0.4) is 0 Å². The monoisotopic (exact) mass is 335 g/mol. The summed E-state index contributed by atoms with van der Waals surface area (Å²) < 4.78 is 31.8. The van der Waals surface area contributed by atoms with Crippen molar-refractivity contribution in [1.82, 2.24) is 0 Å². The van der Waals surface area contributed by atoms with E-state index in [0.29, 0.717) is 6.04 Å². The Bertz CT molecular complexity index is 586. The molecule has 0 unspecified atom stereocenters. The van der Waals surface area contributed by atoms with Crippen LogP contribution in [-0.2, 0) is 14.0 Å². The van der Waals surface area contributed by atoms with Gasteiger partial charge in [-0.25, -0.2) is 4.39 Å². The molecule has 2 saturated heterocycles. The van der Waals surface area contributed by atoms with E-state index in [0.717, 1.165) is 37.2 Å². The minimum absolute atomic E-state index is 0.267. The van der Waals surface area contributed by atoms with E-state index < -0.39 is 18.3 Å². The summed E-state index contributed by atoms with van der Waals surface area (Å²) >= 11 is 0. The van der Waals surface area contributed by atoms with E-state index in [1.807, 2.05) is 40.8 Å². The molecular formula is C18H27BFNO3. The minimum Gasteiger partial charge on any atom is -0.399 e. The Hall–Kier alpha value is -1.11. The number of nitrogens with zero attached hydrogens (tertiary/aromatic N) is 1. The molecule has 0 saturated carbocycles. The largest absolute Gasteiger partial charge is 0.495 e. The average Bonchev–Trinajstić information content (AvgIpc) is 2.75. The number of anilines is 1. The lowest BCUT2D eigenvalue weighted by atomic mass is 9.78. The first-order chi connectivity index (χ1) is 11.2. The Morgan fingerprint density at radius 3 is 2.21 bits per heavy atom. The van der Waals surface area contributed by atoms with Crippen molar-refractivity contribution in [3.8, 4) is 0 Å². The van der Waals surface area contributed by atoms with E-state index in [1.165, 1.54) is 6.07 Å². The number of halogens is 1. The van der Waals surface area contributed by atoms with Crippen molar-refractivity contribution >= 4 is 18.3 Å². The normalized spacial score (nSPS) is 23.5. The van der Waals surface area contributed by atoms with Gasteiger partial charge in [-0.15, -0.1) is 0 Å². The van der Waals surface area contributed by atoms with Crippen LogP contribution in [0.1, 0.15) is 40.5 Å². The molecule has 1 aromatic rings. The van der Waals surface area contributed by atoms with Crippen LogP contribution in [0.4, 0.5) is 10.1 Å². The van der Waals surface area contributed by atoms with Gasteiger partial charge in [0.1, 0.15) is 5.82 Å². The van der Waals surface area contributed by atoms with Crippen molar-refractivity contribution in [2.45, 2.75) is 57.8 Å². The summed E-state index contributed by atoms with van der Waals surface area (Å²) in [5.74, 6) is -0.267. The predicted octanol–water partition coefficient (Wildman–Crippen LogP) is 2.74. The predicted molar refractivity (Wildman–Crippen MR) is 94.4 cm³/mol. The second-order valence-corrected chi connectivity index (χ2v) is 7.79. The number of hydrogen-bond donors (Lipinski definition) is 0. The average molecular weight is 335 g/mol. The Balaban J connectivity index is 1.84.